The summed E-state index contributed by atoms with van der Waals surface area (Å²) < 4.78 is 5.05. The Labute approximate surface area is 90.5 Å². The zero-order valence-electron chi connectivity index (χ0n) is 9.79. The minimum atomic E-state index is -0.629. The van der Waals surface area contributed by atoms with E-state index in [2.05, 4.69) is 0 Å². The van der Waals surface area contributed by atoms with Gasteiger partial charge in [0.2, 0.25) is 0 Å². The molecule has 0 fully saturated rings. The molecule has 0 rings (SSSR count). The fraction of sp³-hybridized carbons (Fsp3) is 0.727. The van der Waals surface area contributed by atoms with Crippen LogP contribution in [-0.4, -0.2) is 23.6 Å². The number of carbonyl (C=O) groups excluding carboxylic acids is 2. The minimum absolute atomic E-state index is 0.112. The fourth-order valence-corrected chi connectivity index (χ4v) is 1.10. The van der Waals surface area contributed by atoms with Crippen LogP contribution in [-0.2, 0) is 14.3 Å². The van der Waals surface area contributed by atoms with Crippen LogP contribution in [0.2, 0.25) is 0 Å². The second kappa shape index (κ2) is 5.63. The van der Waals surface area contributed by atoms with Gasteiger partial charge in [0.05, 0.1) is 0 Å². The molecule has 0 saturated heterocycles. The predicted molar refractivity (Wildman–Crippen MR) is 58.0 cm³/mol. The van der Waals surface area contributed by atoms with E-state index in [4.69, 9.17) is 10.1 Å². The third-order valence-electron chi connectivity index (χ3n) is 1.90. The van der Waals surface area contributed by atoms with Gasteiger partial charge in [-0.15, -0.1) is 0 Å². The Bertz CT molecular complexity index is 253. The van der Waals surface area contributed by atoms with Gasteiger partial charge in [-0.3, -0.25) is 5.41 Å². The summed E-state index contributed by atoms with van der Waals surface area (Å²) in [6, 6.07) is 0. The number of nitrogens with one attached hydrogen (secondary N) is 1. The van der Waals surface area contributed by atoms with Gasteiger partial charge in [0.1, 0.15) is 17.6 Å². The summed E-state index contributed by atoms with van der Waals surface area (Å²) in [5.41, 5.74) is -0.706. The van der Waals surface area contributed by atoms with Crippen LogP contribution < -0.4 is 0 Å². The summed E-state index contributed by atoms with van der Waals surface area (Å²) in [7, 11) is 0. The number of ether oxygens (including phenoxy) is 1. The molecular formula is C11H19NO3. The largest absolute Gasteiger partial charge is 0.455 e. The molecule has 4 heteroatoms. The lowest BCUT2D eigenvalue weighted by molar-refractivity contribution is -0.146. The molecular weight excluding hydrogens is 194 g/mol. The van der Waals surface area contributed by atoms with Gasteiger partial charge >= 0.3 is 5.97 Å². The molecule has 0 heterocycles. The highest BCUT2D eigenvalue weighted by molar-refractivity contribution is 6.36. The first-order chi connectivity index (χ1) is 6.81. The molecule has 0 radical (unpaired) electrons. The van der Waals surface area contributed by atoms with Crippen molar-refractivity contribution in [3.63, 3.8) is 0 Å². The Morgan fingerprint density at radius 2 is 2.00 bits per heavy atom. The number of carbonyl (C=O) groups is 2. The molecule has 0 aromatic heterocycles. The first-order valence-corrected chi connectivity index (χ1v) is 5.07. The van der Waals surface area contributed by atoms with Crippen molar-refractivity contribution >= 4 is 18.0 Å². The number of rotatable bonds is 5. The van der Waals surface area contributed by atoms with Crippen molar-refractivity contribution in [2.24, 2.45) is 5.92 Å². The van der Waals surface area contributed by atoms with Crippen LogP contribution in [0.3, 0.4) is 0 Å². The molecule has 0 bridgehead atoms. The monoisotopic (exact) mass is 213 g/mol. The van der Waals surface area contributed by atoms with E-state index in [0.717, 1.165) is 6.29 Å². The van der Waals surface area contributed by atoms with E-state index in [-0.39, 0.29) is 18.1 Å². The molecule has 15 heavy (non-hydrogen) atoms. The maximum absolute atomic E-state index is 11.5. The van der Waals surface area contributed by atoms with Crippen LogP contribution in [0.5, 0.6) is 0 Å². The van der Waals surface area contributed by atoms with Gasteiger partial charge in [0.15, 0.2) is 0 Å². The summed E-state index contributed by atoms with van der Waals surface area (Å²) in [6.45, 7) is 7.09. The lowest BCUT2D eigenvalue weighted by atomic mass is 9.97. The highest BCUT2D eigenvalue weighted by Crippen LogP contribution is 2.13. The standard InChI is InChI=1S/C11H19NO3/c1-5-8(6-7-13)9(12)10(14)15-11(2,3)4/h7-8,12H,5-6H2,1-4H3/t8-/m1/s1. The van der Waals surface area contributed by atoms with E-state index in [0.29, 0.717) is 6.42 Å². The molecule has 4 nitrogen and oxygen atoms in total. The predicted octanol–water partition coefficient (Wildman–Crippen LogP) is 1.96. The summed E-state index contributed by atoms with van der Waals surface area (Å²) >= 11 is 0. The van der Waals surface area contributed by atoms with Crippen molar-refractivity contribution in [1.82, 2.24) is 0 Å². The van der Waals surface area contributed by atoms with E-state index >= 15 is 0 Å². The Morgan fingerprint density at radius 1 is 1.47 bits per heavy atom. The van der Waals surface area contributed by atoms with Gasteiger partial charge in [-0.2, -0.15) is 0 Å². The normalized spacial score (nSPS) is 13.1. The van der Waals surface area contributed by atoms with Gasteiger partial charge in [0, 0.05) is 12.3 Å². The summed E-state index contributed by atoms with van der Waals surface area (Å²) in [5.74, 6) is -0.950. The third kappa shape index (κ3) is 5.30. The molecule has 0 unspecified atom stereocenters. The van der Waals surface area contributed by atoms with Crippen molar-refractivity contribution in [2.45, 2.75) is 46.1 Å². The van der Waals surface area contributed by atoms with E-state index < -0.39 is 11.6 Å². The molecule has 0 aliphatic rings. The minimum Gasteiger partial charge on any atom is -0.455 e. The zero-order chi connectivity index (χ0) is 12.1. The first kappa shape index (κ1) is 13.8. The van der Waals surface area contributed by atoms with Crippen molar-refractivity contribution in [2.75, 3.05) is 0 Å². The van der Waals surface area contributed by atoms with Gasteiger partial charge in [-0.05, 0) is 27.2 Å². The van der Waals surface area contributed by atoms with E-state index in [1.165, 1.54) is 0 Å². The van der Waals surface area contributed by atoms with Gasteiger partial charge < -0.3 is 9.53 Å². The first-order valence-electron chi connectivity index (χ1n) is 5.07. The maximum atomic E-state index is 11.5. The molecule has 0 aromatic carbocycles. The highest BCUT2D eigenvalue weighted by atomic mass is 16.6. The molecule has 0 spiro atoms. The second-order valence-electron chi connectivity index (χ2n) is 4.42. The van der Waals surface area contributed by atoms with E-state index in [9.17, 15) is 9.59 Å². The molecule has 86 valence electrons. The van der Waals surface area contributed by atoms with Crippen LogP contribution in [0, 0.1) is 11.3 Å². The average Bonchev–Trinajstić information content (AvgIpc) is 2.10. The lowest BCUT2D eigenvalue weighted by Crippen LogP contribution is -2.32. The molecule has 1 N–H and O–H groups in total. The second-order valence-corrected chi connectivity index (χ2v) is 4.42. The maximum Gasteiger partial charge on any atom is 0.352 e. The van der Waals surface area contributed by atoms with Crippen LogP contribution >= 0.6 is 0 Å². The van der Waals surface area contributed by atoms with Crippen molar-refractivity contribution < 1.29 is 14.3 Å². The molecule has 1 atom stereocenters. The molecule has 0 amide bonds. The lowest BCUT2D eigenvalue weighted by Gasteiger charge is -2.21. The summed E-state index contributed by atoms with van der Waals surface area (Å²) in [4.78, 5) is 21.8. The molecule has 0 aliphatic carbocycles. The Kier molecular flexibility index (Phi) is 5.19. The Morgan fingerprint density at radius 3 is 2.33 bits per heavy atom. The fourth-order valence-electron chi connectivity index (χ4n) is 1.10. The van der Waals surface area contributed by atoms with Crippen molar-refractivity contribution in [1.29, 1.82) is 5.41 Å². The summed E-state index contributed by atoms with van der Waals surface area (Å²) in [5, 5.41) is 7.60. The SMILES string of the molecule is CC[C@H](CC=O)C(=N)C(=O)OC(C)(C)C. The Hall–Kier alpha value is -1.19. The van der Waals surface area contributed by atoms with Gasteiger partial charge in [-0.25, -0.2) is 4.79 Å². The number of aldehydes is 1. The molecule has 0 aromatic rings. The third-order valence-corrected chi connectivity index (χ3v) is 1.90. The molecule has 0 aliphatic heterocycles. The quantitative estimate of drug-likeness (QED) is 0.431. The number of hydrogen-bond acceptors (Lipinski definition) is 4. The zero-order valence-corrected chi connectivity index (χ0v) is 9.79. The van der Waals surface area contributed by atoms with Gasteiger partial charge in [-0.1, -0.05) is 6.92 Å². The van der Waals surface area contributed by atoms with Crippen LogP contribution in [0.15, 0.2) is 0 Å². The summed E-state index contributed by atoms with van der Waals surface area (Å²) in [6.07, 6.45) is 1.53. The van der Waals surface area contributed by atoms with Crippen LogP contribution in [0.1, 0.15) is 40.5 Å². The van der Waals surface area contributed by atoms with E-state index in [1.54, 1.807) is 20.8 Å². The van der Waals surface area contributed by atoms with Crippen LogP contribution in [0.25, 0.3) is 0 Å². The van der Waals surface area contributed by atoms with Crippen molar-refractivity contribution in [3.05, 3.63) is 0 Å². The van der Waals surface area contributed by atoms with Crippen molar-refractivity contribution in [3.8, 4) is 0 Å². The van der Waals surface area contributed by atoms with E-state index in [1.807, 2.05) is 6.92 Å². The van der Waals surface area contributed by atoms with Crippen LogP contribution in [0.4, 0.5) is 0 Å². The average molecular weight is 213 g/mol. The van der Waals surface area contributed by atoms with Gasteiger partial charge in [0.25, 0.3) is 0 Å². The molecule has 0 saturated carbocycles. The number of esters is 1. The topological polar surface area (TPSA) is 67.2 Å². The number of hydrogen-bond donors (Lipinski definition) is 1. The Balaban J connectivity index is 4.42. The smallest absolute Gasteiger partial charge is 0.352 e. The highest BCUT2D eigenvalue weighted by Gasteiger charge is 2.24.